The normalized spacial score (nSPS) is 21.8. The van der Waals surface area contributed by atoms with Gasteiger partial charge >= 0.3 is 6.18 Å². The molecule has 0 saturated carbocycles. The van der Waals surface area contributed by atoms with E-state index >= 15 is 0 Å². The van der Waals surface area contributed by atoms with Crippen molar-refractivity contribution in [2.75, 3.05) is 18.0 Å². The molecule has 0 amide bonds. The summed E-state index contributed by atoms with van der Waals surface area (Å²) in [6, 6.07) is 11.4. The van der Waals surface area contributed by atoms with Crippen molar-refractivity contribution in [1.82, 2.24) is 0 Å². The lowest BCUT2D eigenvalue weighted by molar-refractivity contribution is -0.137. The fourth-order valence-electron chi connectivity index (χ4n) is 3.21. The van der Waals surface area contributed by atoms with E-state index in [1.165, 1.54) is 24.3 Å². The van der Waals surface area contributed by atoms with Crippen molar-refractivity contribution in [1.29, 1.82) is 0 Å². The van der Waals surface area contributed by atoms with Crippen molar-refractivity contribution in [3.8, 4) is 0 Å². The van der Waals surface area contributed by atoms with E-state index < -0.39 is 11.7 Å². The number of piperidine rings is 1. The van der Waals surface area contributed by atoms with Crippen molar-refractivity contribution in [2.24, 2.45) is 5.73 Å². The summed E-state index contributed by atoms with van der Waals surface area (Å²) < 4.78 is 51.5. The van der Waals surface area contributed by atoms with Crippen LogP contribution in [0.4, 0.5) is 23.2 Å². The first-order valence-corrected chi connectivity index (χ1v) is 7.76. The number of anilines is 1. The Morgan fingerprint density at radius 1 is 1.00 bits per heavy atom. The summed E-state index contributed by atoms with van der Waals surface area (Å²) in [5.41, 5.74) is 7.00. The zero-order valence-corrected chi connectivity index (χ0v) is 12.9. The number of hydrogen-bond acceptors (Lipinski definition) is 2. The average Bonchev–Trinajstić information content (AvgIpc) is 2.53. The molecule has 3 rings (SSSR count). The van der Waals surface area contributed by atoms with Crippen LogP contribution in [0.15, 0.2) is 48.5 Å². The maximum Gasteiger partial charge on any atom is 0.416 e. The van der Waals surface area contributed by atoms with Gasteiger partial charge in [0.25, 0.3) is 0 Å². The summed E-state index contributed by atoms with van der Waals surface area (Å²) in [6.07, 6.45) is -3.62. The number of halogens is 4. The zero-order valence-electron chi connectivity index (χ0n) is 12.9. The molecule has 2 N–H and O–H groups in total. The predicted molar refractivity (Wildman–Crippen MR) is 85.4 cm³/mol. The Kier molecular flexibility index (Phi) is 4.49. The van der Waals surface area contributed by atoms with Crippen molar-refractivity contribution in [3.63, 3.8) is 0 Å². The monoisotopic (exact) mass is 338 g/mol. The lowest BCUT2D eigenvalue weighted by Crippen LogP contribution is -2.46. The first-order chi connectivity index (χ1) is 11.3. The second-order valence-electron chi connectivity index (χ2n) is 6.20. The molecule has 2 nitrogen and oxygen atoms in total. The van der Waals surface area contributed by atoms with Crippen LogP contribution in [0.5, 0.6) is 0 Å². The maximum absolute atomic E-state index is 13.4. The first kappa shape index (κ1) is 16.8. The first-order valence-electron chi connectivity index (χ1n) is 7.76. The van der Waals surface area contributed by atoms with E-state index in [1.807, 2.05) is 11.0 Å². The molecule has 2 aromatic carbocycles. The minimum Gasteiger partial charge on any atom is -0.369 e. The van der Waals surface area contributed by atoms with E-state index in [0.717, 1.165) is 24.1 Å². The number of alkyl halides is 3. The van der Waals surface area contributed by atoms with Gasteiger partial charge in [-0.2, -0.15) is 13.2 Å². The van der Waals surface area contributed by atoms with E-state index in [1.54, 1.807) is 6.07 Å². The summed E-state index contributed by atoms with van der Waals surface area (Å²) in [6.45, 7) is 1.17. The summed E-state index contributed by atoms with van der Waals surface area (Å²) in [7, 11) is 0. The highest BCUT2D eigenvalue weighted by atomic mass is 19.4. The van der Waals surface area contributed by atoms with E-state index in [9.17, 15) is 17.6 Å². The van der Waals surface area contributed by atoms with Crippen LogP contribution in [0.25, 0.3) is 0 Å². The van der Waals surface area contributed by atoms with E-state index in [-0.39, 0.29) is 17.8 Å². The molecule has 24 heavy (non-hydrogen) atoms. The molecule has 0 aromatic heterocycles. The molecule has 2 unspecified atom stereocenters. The van der Waals surface area contributed by atoms with Gasteiger partial charge in [0.1, 0.15) is 5.82 Å². The SMILES string of the molecule is NC1CC(c2cccc(F)c2)CN(c2ccc(C(F)(F)F)cc2)C1. The number of nitrogens with zero attached hydrogens (tertiary/aromatic N) is 1. The minimum atomic E-state index is -4.35. The lowest BCUT2D eigenvalue weighted by atomic mass is 9.88. The van der Waals surface area contributed by atoms with E-state index in [0.29, 0.717) is 18.8 Å². The zero-order chi connectivity index (χ0) is 17.3. The number of benzene rings is 2. The molecular weight excluding hydrogens is 320 g/mol. The molecule has 0 radical (unpaired) electrons. The second kappa shape index (κ2) is 6.43. The van der Waals surface area contributed by atoms with Gasteiger partial charge in [0, 0.05) is 30.7 Å². The van der Waals surface area contributed by atoms with Gasteiger partial charge in [-0.25, -0.2) is 4.39 Å². The molecule has 128 valence electrons. The molecule has 0 spiro atoms. The van der Waals surface area contributed by atoms with Gasteiger partial charge in [-0.3, -0.25) is 0 Å². The number of hydrogen-bond donors (Lipinski definition) is 1. The Labute approximate surface area is 137 Å². The molecule has 0 bridgehead atoms. The average molecular weight is 338 g/mol. The van der Waals surface area contributed by atoms with Crippen LogP contribution in [0, 0.1) is 5.82 Å². The smallest absolute Gasteiger partial charge is 0.369 e. The fourth-order valence-corrected chi connectivity index (χ4v) is 3.21. The van der Waals surface area contributed by atoms with E-state index in [2.05, 4.69) is 0 Å². The van der Waals surface area contributed by atoms with Crippen molar-refractivity contribution < 1.29 is 17.6 Å². The van der Waals surface area contributed by atoms with Crippen LogP contribution in [-0.2, 0) is 6.18 Å². The van der Waals surface area contributed by atoms with Gasteiger partial charge in [-0.15, -0.1) is 0 Å². The highest BCUT2D eigenvalue weighted by molar-refractivity contribution is 5.49. The van der Waals surface area contributed by atoms with Crippen LogP contribution < -0.4 is 10.6 Å². The van der Waals surface area contributed by atoms with Gasteiger partial charge in [-0.1, -0.05) is 12.1 Å². The van der Waals surface area contributed by atoms with Crippen molar-refractivity contribution >= 4 is 5.69 Å². The van der Waals surface area contributed by atoms with Gasteiger partial charge < -0.3 is 10.6 Å². The van der Waals surface area contributed by atoms with Crippen LogP contribution >= 0.6 is 0 Å². The van der Waals surface area contributed by atoms with Crippen LogP contribution in [0.2, 0.25) is 0 Å². The van der Waals surface area contributed by atoms with Crippen LogP contribution in [0.1, 0.15) is 23.5 Å². The predicted octanol–water partition coefficient (Wildman–Crippen LogP) is 4.17. The molecule has 1 aliphatic rings. The van der Waals surface area contributed by atoms with Crippen LogP contribution in [0.3, 0.4) is 0 Å². The van der Waals surface area contributed by atoms with Crippen LogP contribution in [-0.4, -0.2) is 19.1 Å². The molecule has 1 heterocycles. The molecule has 0 aliphatic carbocycles. The summed E-state index contributed by atoms with van der Waals surface area (Å²) in [4.78, 5) is 1.96. The third-order valence-corrected chi connectivity index (χ3v) is 4.36. The summed E-state index contributed by atoms with van der Waals surface area (Å²) in [5.74, 6) is -0.250. The topological polar surface area (TPSA) is 29.3 Å². The lowest BCUT2D eigenvalue weighted by Gasteiger charge is -2.38. The Morgan fingerprint density at radius 3 is 2.33 bits per heavy atom. The van der Waals surface area contributed by atoms with Gasteiger partial charge in [0.2, 0.25) is 0 Å². The van der Waals surface area contributed by atoms with Gasteiger partial charge in [0.05, 0.1) is 5.56 Å². The Bertz CT molecular complexity index is 697. The Morgan fingerprint density at radius 2 is 1.71 bits per heavy atom. The van der Waals surface area contributed by atoms with E-state index in [4.69, 9.17) is 5.73 Å². The molecule has 2 aromatic rings. The molecule has 2 atom stereocenters. The molecule has 1 aliphatic heterocycles. The van der Waals surface area contributed by atoms with Gasteiger partial charge in [0.15, 0.2) is 0 Å². The summed E-state index contributed by atoms with van der Waals surface area (Å²) in [5, 5.41) is 0. The van der Waals surface area contributed by atoms with Crippen molar-refractivity contribution in [3.05, 3.63) is 65.5 Å². The summed E-state index contributed by atoms with van der Waals surface area (Å²) >= 11 is 0. The third kappa shape index (κ3) is 3.70. The quantitative estimate of drug-likeness (QED) is 0.833. The number of nitrogens with two attached hydrogens (primary N) is 1. The fraction of sp³-hybridized carbons (Fsp3) is 0.333. The maximum atomic E-state index is 13.4. The molecule has 1 fully saturated rings. The second-order valence-corrected chi connectivity index (χ2v) is 6.20. The largest absolute Gasteiger partial charge is 0.416 e. The molecular formula is C18H18F4N2. The highest BCUT2D eigenvalue weighted by Gasteiger charge is 2.31. The highest BCUT2D eigenvalue weighted by Crippen LogP contribution is 2.33. The molecule has 6 heteroatoms. The van der Waals surface area contributed by atoms with Gasteiger partial charge in [-0.05, 0) is 48.4 Å². The Hall–Kier alpha value is -2.08. The molecule has 1 saturated heterocycles. The number of rotatable bonds is 2. The third-order valence-electron chi connectivity index (χ3n) is 4.36. The Balaban J connectivity index is 1.81. The standard InChI is InChI=1S/C18H18F4N2/c19-15-3-1-2-12(8-15)13-9-16(23)11-24(10-13)17-6-4-14(5-7-17)18(20,21)22/h1-8,13,16H,9-11,23H2. The minimum absolute atomic E-state index is 0.0479. The van der Waals surface area contributed by atoms with Crippen molar-refractivity contribution in [2.45, 2.75) is 24.6 Å².